The second-order valence-corrected chi connectivity index (χ2v) is 6.42. The highest BCUT2D eigenvalue weighted by Gasteiger charge is 2.17. The Kier molecular flexibility index (Phi) is 5.98. The molecule has 0 heterocycles. The van der Waals surface area contributed by atoms with Gasteiger partial charge in [0, 0.05) is 17.3 Å². The molecule has 1 amide bonds. The van der Waals surface area contributed by atoms with Crippen LogP contribution in [0.15, 0.2) is 46.6 Å². The molecule has 5 heteroatoms. The quantitative estimate of drug-likeness (QED) is 0.798. The minimum absolute atomic E-state index is 0.0639. The summed E-state index contributed by atoms with van der Waals surface area (Å²) in [6.45, 7) is 4.72. The highest BCUT2D eigenvalue weighted by molar-refractivity contribution is 7.77. The molecule has 0 spiro atoms. The van der Waals surface area contributed by atoms with Crippen molar-refractivity contribution in [2.24, 2.45) is 0 Å². The van der Waals surface area contributed by atoms with Crippen LogP contribution < -0.4 is 5.32 Å². The summed E-state index contributed by atoms with van der Waals surface area (Å²) < 4.78 is 1.65. The average molecular weight is 337 g/mol. The number of amides is 1. The number of hydrogen-bond donors (Lipinski definition) is 2. The van der Waals surface area contributed by atoms with Gasteiger partial charge >= 0.3 is 0 Å². The molecule has 1 aliphatic carbocycles. The minimum Gasteiger partial charge on any atom is -0.350 e. The molecule has 0 atom stereocenters. The number of halogens is 1. The van der Waals surface area contributed by atoms with Crippen LogP contribution in [0.3, 0.4) is 0 Å². The summed E-state index contributed by atoms with van der Waals surface area (Å²) in [6, 6.07) is 8.11. The van der Waals surface area contributed by atoms with Gasteiger partial charge in [-0.1, -0.05) is 60.3 Å². The fraction of sp³-hybridized carbons (Fsp3) is 0.353. The molecule has 3 nitrogen and oxygen atoms in total. The third kappa shape index (κ3) is 4.55. The average Bonchev–Trinajstić information content (AvgIpc) is 2.49. The van der Waals surface area contributed by atoms with E-state index in [1.165, 1.54) is 5.56 Å². The molecule has 0 unspecified atom stereocenters. The number of carbonyl (C=O) groups excluding carboxylic acids is 1. The van der Waals surface area contributed by atoms with Gasteiger partial charge in [-0.3, -0.25) is 4.79 Å². The maximum Gasteiger partial charge on any atom is 0.240 e. The third-order valence-corrected chi connectivity index (χ3v) is 4.50. The first-order valence-electron chi connectivity index (χ1n) is 7.32. The van der Waals surface area contributed by atoms with Gasteiger partial charge in [0.15, 0.2) is 0 Å². The number of carbonyl (C=O) groups is 1. The summed E-state index contributed by atoms with van der Waals surface area (Å²) in [5.74, 6) is -0.0639. The van der Waals surface area contributed by atoms with E-state index in [1.54, 1.807) is 4.31 Å². The van der Waals surface area contributed by atoms with Crippen LogP contribution in [0.1, 0.15) is 30.9 Å². The second-order valence-electron chi connectivity index (χ2n) is 5.48. The van der Waals surface area contributed by atoms with Gasteiger partial charge in [0.2, 0.25) is 5.91 Å². The maximum atomic E-state index is 12.0. The molecule has 2 rings (SSSR count). The number of benzene rings is 1. The van der Waals surface area contributed by atoms with Crippen LogP contribution in [-0.2, 0) is 11.3 Å². The number of thiol groups is 1. The summed E-state index contributed by atoms with van der Waals surface area (Å²) in [6.07, 6.45) is 3.81. The molecular formula is C17H21ClN2OS. The number of aryl methyl sites for hydroxylation is 1. The summed E-state index contributed by atoms with van der Waals surface area (Å²) in [5, 5.41) is 3.75. The second kappa shape index (κ2) is 7.75. The molecule has 0 radical (unpaired) electrons. The van der Waals surface area contributed by atoms with Crippen molar-refractivity contribution >= 4 is 30.3 Å². The van der Waals surface area contributed by atoms with Crippen molar-refractivity contribution < 1.29 is 4.79 Å². The Morgan fingerprint density at radius 3 is 2.68 bits per heavy atom. The highest BCUT2D eigenvalue weighted by atomic mass is 35.5. The SMILES string of the molecule is CC1=C(Cl)CCC=C1N(S)CC(=O)NCc1ccc(C)cc1. The van der Waals surface area contributed by atoms with Gasteiger partial charge < -0.3 is 9.62 Å². The lowest BCUT2D eigenvalue weighted by Crippen LogP contribution is -2.32. The molecule has 1 N–H and O–H groups in total. The van der Waals surface area contributed by atoms with Gasteiger partial charge in [-0.25, -0.2) is 0 Å². The van der Waals surface area contributed by atoms with Crippen molar-refractivity contribution in [3.05, 3.63) is 57.8 Å². The Morgan fingerprint density at radius 1 is 1.32 bits per heavy atom. The highest BCUT2D eigenvalue weighted by Crippen LogP contribution is 2.30. The van der Waals surface area contributed by atoms with E-state index in [2.05, 4.69) is 24.2 Å². The number of rotatable bonds is 5. The van der Waals surface area contributed by atoms with Crippen molar-refractivity contribution in [2.75, 3.05) is 6.54 Å². The zero-order valence-electron chi connectivity index (χ0n) is 12.9. The van der Waals surface area contributed by atoms with E-state index in [9.17, 15) is 4.79 Å². The fourth-order valence-corrected chi connectivity index (χ4v) is 2.86. The maximum absolute atomic E-state index is 12.0. The van der Waals surface area contributed by atoms with Crippen LogP contribution in [0.4, 0.5) is 0 Å². The summed E-state index contributed by atoms with van der Waals surface area (Å²) in [7, 11) is 0. The Bertz CT molecular complexity index is 608. The van der Waals surface area contributed by atoms with Crippen molar-refractivity contribution in [2.45, 2.75) is 33.2 Å². The molecule has 0 saturated carbocycles. The van der Waals surface area contributed by atoms with Gasteiger partial charge in [-0.2, -0.15) is 0 Å². The molecule has 22 heavy (non-hydrogen) atoms. The van der Waals surface area contributed by atoms with E-state index in [4.69, 9.17) is 11.6 Å². The van der Waals surface area contributed by atoms with Gasteiger partial charge in [-0.05, 0) is 37.8 Å². The number of allylic oxidation sites excluding steroid dienone is 3. The molecule has 0 fully saturated rings. The largest absolute Gasteiger partial charge is 0.350 e. The predicted molar refractivity (Wildman–Crippen MR) is 94.6 cm³/mol. The first-order valence-corrected chi connectivity index (χ1v) is 8.09. The summed E-state index contributed by atoms with van der Waals surface area (Å²) in [5.41, 5.74) is 4.21. The van der Waals surface area contributed by atoms with Crippen molar-refractivity contribution in [1.29, 1.82) is 0 Å². The Balaban J connectivity index is 1.86. The van der Waals surface area contributed by atoms with Crippen LogP contribution in [0.5, 0.6) is 0 Å². The fourth-order valence-electron chi connectivity index (χ4n) is 2.30. The molecule has 1 aliphatic rings. The van der Waals surface area contributed by atoms with Gasteiger partial charge in [0.1, 0.15) is 6.54 Å². The van der Waals surface area contributed by atoms with Crippen LogP contribution >= 0.6 is 24.4 Å². The third-order valence-electron chi connectivity index (χ3n) is 3.67. The van der Waals surface area contributed by atoms with Gasteiger partial charge in [0.25, 0.3) is 0 Å². The molecule has 0 aromatic heterocycles. The molecule has 0 bridgehead atoms. The lowest BCUT2D eigenvalue weighted by atomic mass is 10.0. The molecular weight excluding hydrogens is 316 g/mol. The Hall–Kier alpha value is -1.39. The van der Waals surface area contributed by atoms with Crippen LogP contribution in [0.25, 0.3) is 0 Å². The molecule has 1 aromatic carbocycles. The number of nitrogens with zero attached hydrogens (tertiary/aromatic N) is 1. The summed E-state index contributed by atoms with van der Waals surface area (Å²) in [4.78, 5) is 12.0. The van der Waals surface area contributed by atoms with Crippen LogP contribution in [0.2, 0.25) is 0 Å². The first-order chi connectivity index (χ1) is 10.5. The monoisotopic (exact) mass is 336 g/mol. The smallest absolute Gasteiger partial charge is 0.240 e. The van der Waals surface area contributed by atoms with E-state index >= 15 is 0 Å². The molecule has 118 valence electrons. The van der Waals surface area contributed by atoms with Crippen LogP contribution in [-0.4, -0.2) is 16.8 Å². The zero-order chi connectivity index (χ0) is 16.1. The zero-order valence-corrected chi connectivity index (χ0v) is 14.5. The van der Waals surface area contributed by atoms with Crippen molar-refractivity contribution in [1.82, 2.24) is 9.62 Å². The molecule has 0 saturated heterocycles. The minimum atomic E-state index is -0.0639. The topological polar surface area (TPSA) is 32.3 Å². The molecule has 0 aliphatic heterocycles. The lowest BCUT2D eigenvalue weighted by Gasteiger charge is -2.24. The van der Waals surface area contributed by atoms with E-state index in [-0.39, 0.29) is 12.5 Å². The normalized spacial score (nSPS) is 14.6. The van der Waals surface area contributed by atoms with E-state index in [0.717, 1.165) is 34.7 Å². The van der Waals surface area contributed by atoms with E-state index in [0.29, 0.717) is 6.54 Å². The Labute approximate surface area is 142 Å². The summed E-state index contributed by atoms with van der Waals surface area (Å²) >= 11 is 10.6. The van der Waals surface area contributed by atoms with Crippen LogP contribution in [0, 0.1) is 6.92 Å². The number of nitrogens with one attached hydrogen (secondary N) is 1. The van der Waals surface area contributed by atoms with Crippen molar-refractivity contribution in [3.8, 4) is 0 Å². The number of hydrogen-bond acceptors (Lipinski definition) is 3. The Morgan fingerprint density at radius 2 is 2.00 bits per heavy atom. The van der Waals surface area contributed by atoms with E-state index < -0.39 is 0 Å². The van der Waals surface area contributed by atoms with Gasteiger partial charge in [-0.15, -0.1) is 0 Å². The van der Waals surface area contributed by atoms with Gasteiger partial charge in [0.05, 0.1) is 0 Å². The van der Waals surface area contributed by atoms with E-state index in [1.807, 2.05) is 38.1 Å². The predicted octanol–water partition coefficient (Wildman–Crippen LogP) is 3.95. The standard InChI is InChI=1S/C17H21ClN2OS/c1-12-6-8-14(9-7-12)10-19-17(21)11-20(22)16-5-3-4-15(18)13(16)2/h5-9,22H,3-4,10-11H2,1-2H3,(H,19,21). The molecule has 1 aromatic rings. The first kappa shape index (κ1) is 17.0. The lowest BCUT2D eigenvalue weighted by molar-refractivity contribution is -0.121. The van der Waals surface area contributed by atoms with Crippen molar-refractivity contribution in [3.63, 3.8) is 0 Å².